The SMILES string of the molecule is CCOC(=O)C#CC1(O)CCCC1. The molecule has 0 aliphatic heterocycles. The minimum Gasteiger partial charge on any atom is -0.456 e. The molecule has 3 nitrogen and oxygen atoms in total. The van der Waals surface area contributed by atoms with Crippen LogP contribution in [0.3, 0.4) is 0 Å². The maximum absolute atomic E-state index is 10.8. The van der Waals surface area contributed by atoms with Gasteiger partial charge >= 0.3 is 5.97 Å². The maximum Gasteiger partial charge on any atom is 0.384 e. The van der Waals surface area contributed by atoms with Crippen LogP contribution in [0.25, 0.3) is 0 Å². The van der Waals surface area contributed by atoms with E-state index in [1.165, 1.54) is 0 Å². The summed E-state index contributed by atoms with van der Waals surface area (Å²) in [7, 11) is 0. The molecule has 0 heterocycles. The summed E-state index contributed by atoms with van der Waals surface area (Å²) in [6.45, 7) is 2.05. The first-order valence-corrected chi connectivity index (χ1v) is 4.58. The molecule has 0 saturated heterocycles. The predicted octanol–water partition coefficient (Wildman–Crippen LogP) is 0.858. The summed E-state index contributed by atoms with van der Waals surface area (Å²) < 4.78 is 4.62. The molecule has 0 radical (unpaired) electrons. The van der Waals surface area contributed by atoms with Crippen molar-refractivity contribution in [3.63, 3.8) is 0 Å². The summed E-state index contributed by atoms with van der Waals surface area (Å²) >= 11 is 0. The number of aliphatic hydroxyl groups is 1. The zero-order valence-corrected chi connectivity index (χ0v) is 7.80. The van der Waals surface area contributed by atoms with E-state index >= 15 is 0 Å². The fourth-order valence-corrected chi connectivity index (χ4v) is 1.42. The van der Waals surface area contributed by atoms with Crippen molar-refractivity contribution >= 4 is 5.97 Å². The molecule has 0 aromatic rings. The number of esters is 1. The van der Waals surface area contributed by atoms with E-state index in [9.17, 15) is 9.90 Å². The molecular formula is C10H14O3. The van der Waals surface area contributed by atoms with Crippen LogP contribution in [0.2, 0.25) is 0 Å². The van der Waals surface area contributed by atoms with Crippen molar-refractivity contribution in [3.05, 3.63) is 0 Å². The lowest BCUT2D eigenvalue weighted by molar-refractivity contribution is -0.136. The smallest absolute Gasteiger partial charge is 0.384 e. The average Bonchev–Trinajstić information content (AvgIpc) is 2.51. The predicted molar refractivity (Wildman–Crippen MR) is 47.8 cm³/mol. The van der Waals surface area contributed by atoms with Gasteiger partial charge in [-0.1, -0.05) is 5.92 Å². The monoisotopic (exact) mass is 182 g/mol. The van der Waals surface area contributed by atoms with Gasteiger partial charge in [0.15, 0.2) is 0 Å². The Hall–Kier alpha value is -1.01. The molecule has 0 atom stereocenters. The molecular weight excluding hydrogens is 168 g/mol. The van der Waals surface area contributed by atoms with Gasteiger partial charge in [0.2, 0.25) is 0 Å². The highest BCUT2D eigenvalue weighted by Gasteiger charge is 2.28. The lowest BCUT2D eigenvalue weighted by Crippen LogP contribution is -2.21. The highest BCUT2D eigenvalue weighted by Crippen LogP contribution is 2.28. The standard InChI is InChI=1S/C10H14O3/c1-2-13-9(11)5-8-10(12)6-3-4-7-10/h12H,2-4,6-7H2,1H3. The van der Waals surface area contributed by atoms with Crippen molar-refractivity contribution in [2.45, 2.75) is 38.2 Å². The topological polar surface area (TPSA) is 46.5 Å². The van der Waals surface area contributed by atoms with E-state index in [-0.39, 0.29) is 0 Å². The first-order chi connectivity index (χ1) is 6.16. The van der Waals surface area contributed by atoms with Gasteiger partial charge in [-0.2, -0.15) is 0 Å². The van der Waals surface area contributed by atoms with Crippen LogP contribution in [0.15, 0.2) is 0 Å². The molecule has 0 aromatic heterocycles. The van der Waals surface area contributed by atoms with E-state index in [0.717, 1.165) is 12.8 Å². The summed E-state index contributed by atoms with van der Waals surface area (Å²) in [6, 6.07) is 0. The van der Waals surface area contributed by atoms with Gasteiger partial charge < -0.3 is 9.84 Å². The quantitative estimate of drug-likeness (QED) is 0.371. The second-order valence-electron chi connectivity index (χ2n) is 3.21. The molecule has 0 amide bonds. The van der Waals surface area contributed by atoms with Crippen LogP contribution >= 0.6 is 0 Å². The van der Waals surface area contributed by atoms with Gasteiger partial charge in [0.05, 0.1) is 6.61 Å². The molecule has 1 aliphatic carbocycles. The van der Waals surface area contributed by atoms with Crippen LogP contribution in [0, 0.1) is 11.8 Å². The first kappa shape index (κ1) is 10.1. The molecule has 72 valence electrons. The summed E-state index contributed by atoms with van der Waals surface area (Å²) in [5.74, 6) is 4.33. The van der Waals surface area contributed by atoms with Crippen molar-refractivity contribution in [1.29, 1.82) is 0 Å². The summed E-state index contributed by atoms with van der Waals surface area (Å²) in [6.07, 6.45) is 3.29. The maximum atomic E-state index is 10.8. The second-order valence-corrected chi connectivity index (χ2v) is 3.21. The Morgan fingerprint density at radius 2 is 2.15 bits per heavy atom. The molecule has 1 N–H and O–H groups in total. The summed E-state index contributed by atoms with van der Waals surface area (Å²) in [5.41, 5.74) is -0.938. The van der Waals surface area contributed by atoms with Gasteiger partial charge in [-0.05, 0) is 32.6 Å². The van der Waals surface area contributed by atoms with Crippen LogP contribution in [0.5, 0.6) is 0 Å². The Kier molecular flexibility index (Phi) is 3.32. The van der Waals surface area contributed by atoms with Crippen LogP contribution in [-0.2, 0) is 9.53 Å². The Morgan fingerprint density at radius 1 is 1.54 bits per heavy atom. The number of carbonyl (C=O) groups is 1. The number of carbonyl (C=O) groups excluding carboxylic acids is 1. The lowest BCUT2D eigenvalue weighted by Gasteiger charge is -2.12. The minimum atomic E-state index is -0.938. The fraction of sp³-hybridized carbons (Fsp3) is 0.700. The van der Waals surface area contributed by atoms with E-state index < -0.39 is 11.6 Å². The van der Waals surface area contributed by atoms with Gasteiger partial charge in [0.1, 0.15) is 5.60 Å². The molecule has 0 aromatic carbocycles. The molecule has 0 spiro atoms. The normalized spacial score (nSPS) is 18.9. The molecule has 1 saturated carbocycles. The van der Waals surface area contributed by atoms with Gasteiger partial charge in [0.25, 0.3) is 0 Å². The first-order valence-electron chi connectivity index (χ1n) is 4.58. The Bertz CT molecular complexity index is 241. The van der Waals surface area contributed by atoms with Crippen molar-refractivity contribution < 1.29 is 14.6 Å². The summed E-state index contributed by atoms with van der Waals surface area (Å²) in [4.78, 5) is 10.8. The van der Waals surface area contributed by atoms with Crippen LogP contribution in [0.4, 0.5) is 0 Å². The van der Waals surface area contributed by atoms with Gasteiger partial charge in [-0.3, -0.25) is 0 Å². The number of ether oxygens (including phenoxy) is 1. The highest BCUT2D eigenvalue weighted by molar-refractivity contribution is 5.88. The van der Waals surface area contributed by atoms with Crippen molar-refractivity contribution in [3.8, 4) is 11.8 Å². The van der Waals surface area contributed by atoms with Crippen LogP contribution in [0.1, 0.15) is 32.6 Å². The van der Waals surface area contributed by atoms with E-state index in [1.54, 1.807) is 6.92 Å². The Morgan fingerprint density at radius 3 is 2.69 bits per heavy atom. The number of hydrogen-bond donors (Lipinski definition) is 1. The summed E-state index contributed by atoms with van der Waals surface area (Å²) in [5, 5.41) is 9.73. The van der Waals surface area contributed by atoms with Crippen molar-refractivity contribution in [1.82, 2.24) is 0 Å². The second kappa shape index (κ2) is 4.29. The third-order valence-corrected chi connectivity index (χ3v) is 2.10. The third kappa shape index (κ3) is 3.08. The number of rotatable bonds is 1. The Balaban J connectivity index is 2.49. The van der Waals surface area contributed by atoms with E-state index in [2.05, 4.69) is 16.6 Å². The zero-order chi connectivity index (χ0) is 9.73. The molecule has 1 fully saturated rings. The molecule has 1 aliphatic rings. The molecule has 13 heavy (non-hydrogen) atoms. The van der Waals surface area contributed by atoms with Gasteiger partial charge in [0, 0.05) is 5.92 Å². The van der Waals surface area contributed by atoms with E-state index in [1.807, 2.05) is 0 Å². The van der Waals surface area contributed by atoms with Crippen molar-refractivity contribution in [2.75, 3.05) is 6.61 Å². The van der Waals surface area contributed by atoms with Crippen LogP contribution < -0.4 is 0 Å². The van der Waals surface area contributed by atoms with E-state index in [0.29, 0.717) is 19.4 Å². The highest BCUT2D eigenvalue weighted by atomic mass is 16.5. The largest absolute Gasteiger partial charge is 0.456 e. The third-order valence-electron chi connectivity index (χ3n) is 2.10. The van der Waals surface area contributed by atoms with Crippen molar-refractivity contribution in [2.24, 2.45) is 0 Å². The molecule has 1 rings (SSSR count). The average molecular weight is 182 g/mol. The zero-order valence-electron chi connectivity index (χ0n) is 7.80. The van der Waals surface area contributed by atoms with E-state index in [4.69, 9.17) is 0 Å². The lowest BCUT2D eigenvalue weighted by atomic mass is 10.0. The molecule has 3 heteroatoms. The van der Waals surface area contributed by atoms with Gasteiger partial charge in [-0.25, -0.2) is 4.79 Å². The van der Waals surface area contributed by atoms with Gasteiger partial charge in [-0.15, -0.1) is 0 Å². The number of hydrogen-bond acceptors (Lipinski definition) is 3. The Labute approximate surface area is 78.1 Å². The fourth-order valence-electron chi connectivity index (χ4n) is 1.42. The molecule has 0 bridgehead atoms. The molecule has 0 unspecified atom stereocenters. The van der Waals surface area contributed by atoms with Crippen LogP contribution in [-0.4, -0.2) is 23.3 Å². The minimum absolute atomic E-state index is 0.325.